The van der Waals surface area contributed by atoms with Crippen LogP contribution in [0.15, 0.2) is 58.5 Å². The summed E-state index contributed by atoms with van der Waals surface area (Å²) in [5.41, 5.74) is 3.82. The summed E-state index contributed by atoms with van der Waals surface area (Å²) in [4.78, 5) is 22.3. The van der Waals surface area contributed by atoms with Gasteiger partial charge in [0.15, 0.2) is 0 Å². The van der Waals surface area contributed by atoms with Gasteiger partial charge in [-0.15, -0.1) is 0 Å². The summed E-state index contributed by atoms with van der Waals surface area (Å²) in [5, 5.41) is 15.1. The molecule has 0 saturated heterocycles. The molecule has 0 bridgehead atoms. The second-order valence-electron chi connectivity index (χ2n) is 7.79. The molecule has 0 atom stereocenters. The van der Waals surface area contributed by atoms with Crippen LogP contribution in [0.25, 0.3) is 0 Å². The molecule has 1 aliphatic rings. The molecule has 3 rings (SSSR count). The number of amides is 1. The largest absolute Gasteiger partial charge is 0.280 e. The minimum Gasteiger partial charge on any atom is -0.280 e. The van der Waals surface area contributed by atoms with Crippen LogP contribution < -0.4 is 10.1 Å². The molecule has 10 heteroatoms. The molecule has 2 aromatic rings. The first-order valence-corrected chi connectivity index (χ1v) is 12.0. The van der Waals surface area contributed by atoms with Gasteiger partial charge in [-0.2, -0.15) is 5.10 Å². The molecule has 0 unspecified atom stereocenters. The third-order valence-corrected chi connectivity index (χ3v) is 6.81. The van der Waals surface area contributed by atoms with Gasteiger partial charge in [0.05, 0.1) is 9.82 Å². The Hall–Kier alpha value is -3.27. The van der Waals surface area contributed by atoms with E-state index in [1.54, 1.807) is 0 Å². The number of carbonyl (C=O) groups excluding carboxylic acids is 1. The first-order valence-electron chi connectivity index (χ1n) is 10.5. The number of sulfonamides is 1. The van der Waals surface area contributed by atoms with E-state index < -0.39 is 14.9 Å². The summed E-state index contributed by atoms with van der Waals surface area (Å²) in [6.45, 7) is 2.19. The predicted octanol–water partition coefficient (Wildman–Crippen LogP) is 4.47. The van der Waals surface area contributed by atoms with Crippen LogP contribution in [0.2, 0.25) is 0 Å². The van der Waals surface area contributed by atoms with E-state index in [1.165, 1.54) is 55.3 Å². The Morgan fingerprint density at radius 3 is 2.47 bits per heavy atom. The maximum atomic E-state index is 12.5. The molecule has 1 saturated carbocycles. The van der Waals surface area contributed by atoms with Crippen LogP contribution >= 0.6 is 0 Å². The number of carbonyl (C=O) groups is 1. The Balaban J connectivity index is 1.60. The lowest BCUT2D eigenvalue weighted by Crippen LogP contribution is -2.22. The van der Waals surface area contributed by atoms with E-state index in [4.69, 9.17) is 0 Å². The zero-order valence-corrected chi connectivity index (χ0v) is 18.6. The van der Waals surface area contributed by atoms with Crippen LogP contribution in [-0.4, -0.2) is 25.0 Å². The van der Waals surface area contributed by atoms with Crippen molar-refractivity contribution in [3.63, 3.8) is 0 Å². The molecule has 0 aromatic heterocycles. The maximum absolute atomic E-state index is 12.5. The van der Waals surface area contributed by atoms with Crippen molar-refractivity contribution in [2.45, 2.75) is 50.3 Å². The van der Waals surface area contributed by atoms with Crippen LogP contribution in [0.1, 0.15) is 55.8 Å². The standard InChI is InChI=1S/C22H26N4O5S/c1-2-4-16-7-11-18(12-8-16)23-24-22(27)17-9-13-19(14-10-17)25-32(30,31)21-6-3-5-20(15-21)26(28)29/h3,5-6,9-10,13-16,25H,2,4,7-8,11-12H2,1H3,(H,24,27). The Morgan fingerprint density at radius 1 is 1.16 bits per heavy atom. The molecule has 1 fully saturated rings. The summed E-state index contributed by atoms with van der Waals surface area (Å²) >= 11 is 0. The van der Waals surface area contributed by atoms with Crippen molar-refractivity contribution < 1.29 is 18.1 Å². The molecule has 170 valence electrons. The number of nitrogens with one attached hydrogen (secondary N) is 2. The van der Waals surface area contributed by atoms with Crippen molar-refractivity contribution in [3.05, 3.63) is 64.2 Å². The smallest absolute Gasteiger partial charge is 0.271 e. The average Bonchev–Trinajstić information content (AvgIpc) is 2.79. The minimum absolute atomic E-state index is 0.224. The van der Waals surface area contributed by atoms with Crippen molar-refractivity contribution in [1.29, 1.82) is 0 Å². The van der Waals surface area contributed by atoms with Gasteiger partial charge < -0.3 is 0 Å². The quantitative estimate of drug-likeness (QED) is 0.445. The number of nitro benzene ring substituents is 1. The zero-order chi connectivity index (χ0) is 23.1. The molecule has 1 aliphatic carbocycles. The molecule has 0 heterocycles. The molecule has 2 aromatic carbocycles. The van der Waals surface area contributed by atoms with Gasteiger partial charge in [0.2, 0.25) is 0 Å². The van der Waals surface area contributed by atoms with Gasteiger partial charge in [-0.3, -0.25) is 19.6 Å². The van der Waals surface area contributed by atoms with E-state index in [9.17, 15) is 23.3 Å². The van der Waals surface area contributed by atoms with Crippen LogP contribution in [0, 0.1) is 16.0 Å². The average molecular weight is 459 g/mol. The third-order valence-electron chi connectivity index (χ3n) is 5.43. The number of hydrogen-bond acceptors (Lipinski definition) is 6. The highest BCUT2D eigenvalue weighted by Crippen LogP contribution is 2.26. The summed E-state index contributed by atoms with van der Waals surface area (Å²) in [7, 11) is -4.01. The van der Waals surface area contributed by atoms with E-state index in [1.807, 2.05) is 0 Å². The van der Waals surface area contributed by atoms with E-state index in [0.29, 0.717) is 5.56 Å². The minimum atomic E-state index is -4.01. The molecule has 0 spiro atoms. The molecular weight excluding hydrogens is 432 g/mol. The van der Waals surface area contributed by atoms with Gasteiger partial charge in [0.25, 0.3) is 21.6 Å². The van der Waals surface area contributed by atoms with Crippen molar-refractivity contribution in [2.75, 3.05) is 4.72 Å². The number of rotatable bonds is 8. The number of hydrogen-bond donors (Lipinski definition) is 2. The first-order chi connectivity index (χ1) is 15.3. The Labute approximate surface area is 187 Å². The number of non-ortho nitro benzene ring substituents is 1. The first kappa shape index (κ1) is 23.4. The molecule has 9 nitrogen and oxygen atoms in total. The highest BCUT2D eigenvalue weighted by molar-refractivity contribution is 7.92. The van der Waals surface area contributed by atoms with E-state index in [2.05, 4.69) is 22.2 Å². The van der Waals surface area contributed by atoms with Gasteiger partial charge in [0.1, 0.15) is 0 Å². The zero-order valence-electron chi connectivity index (χ0n) is 17.8. The van der Waals surface area contributed by atoms with Crippen molar-refractivity contribution in [3.8, 4) is 0 Å². The van der Waals surface area contributed by atoms with Crippen molar-refractivity contribution >= 4 is 33.0 Å². The van der Waals surface area contributed by atoms with E-state index >= 15 is 0 Å². The summed E-state index contributed by atoms with van der Waals surface area (Å²) in [5.74, 6) is 0.370. The molecule has 0 radical (unpaired) electrons. The summed E-state index contributed by atoms with van der Waals surface area (Å²) in [6.07, 6.45) is 6.40. The highest BCUT2D eigenvalue weighted by Gasteiger charge is 2.19. The molecule has 32 heavy (non-hydrogen) atoms. The number of benzene rings is 2. The highest BCUT2D eigenvalue weighted by atomic mass is 32.2. The monoisotopic (exact) mass is 458 g/mol. The van der Waals surface area contributed by atoms with Gasteiger partial charge in [-0.25, -0.2) is 13.8 Å². The lowest BCUT2D eigenvalue weighted by molar-refractivity contribution is -0.385. The van der Waals surface area contributed by atoms with Crippen molar-refractivity contribution in [2.24, 2.45) is 11.0 Å². The molecule has 0 aliphatic heterocycles. The van der Waals surface area contributed by atoms with Gasteiger partial charge in [-0.05, 0) is 61.9 Å². The second-order valence-corrected chi connectivity index (χ2v) is 9.47. The van der Waals surface area contributed by atoms with E-state index in [0.717, 1.165) is 43.4 Å². The predicted molar refractivity (Wildman–Crippen MR) is 122 cm³/mol. The lowest BCUT2D eigenvalue weighted by Gasteiger charge is -2.22. The Bertz CT molecular complexity index is 1100. The fraction of sp³-hybridized carbons (Fsp3) is 0.364. The van der Waals surface area contributed by atoms with Crippen molar-refractivity contribution in [1.82, 2.24) is 5.43 Å². The lowest BCUT2D eigenvalue weighted by atomic mass is 9.85. The van der Waals surface area contributed by atoms with Gasteiger partial charge in [-0.1, -0.05) is 25.8 Å². The van der Waals surface area contributed by atoms with Crippen LogP contribution in [0.5, 0.6) is 0 Å². The Kier molecular flexibility index (Phi) is 7.57. The third kappa shape index (κ3) is 6.13. The van der Waals surface area contributed by atoms with Gasteiger partial charge in [0, 0.05) is 29.1 Å². The summed E-state index contributed by atoms with van der Waals surface area (Å²) in [6, 6.07) is 10.6. The maximum Gasteiger partial charge on any atom is 0.271 e. The van der Waals surface area contributed by atoms with E-state index in [-0.39, 0.29) is 22.2 Å². The fourth-order valence-corrected chi connectivity index (χ4v) is 4.78. The van der Waals surface area contributed by atoms with Crippen LogP contribution in [0.3, 0.4) is 0 Å². The van der Waals surface area contributed by atoms with Crippen LogP contribution in [0.4, 0.5) is 11.4 Å². The number of anilines is 1. The SMILES string of the molecule is CCCC1CCC(=NNC(=O)c2ccc(NS(=O)(=O)c3cccc([N+](=O)[O-])c3)cc2)CC1. The summed E-state index contributed by atoms with van der Waals surface area (Å²) < 4.78 is 27.4. The molecular formula is C22H26N4O5S. The Morgan fingerprint density at radius 2 is 1.84 bits per heavy atom. The number of nitro groups is 1. The van der Waals surface area contributed by atoms with Crippen LogP contribution in [-0.2, 0) is 10.0 Å². The number of nitrogens with zero attached hydrogens (tertiary/aromatic N) is 2. The topological polar surface area (TPSA) is 131 Å². The second kappa shape index (κ2) is 10.4. The normalized spacial score (nSPS) is 16.3. The fourth-order valence-electron chi connectivity index (χ4n) is 3.68. The van der Waals surface area contributed by atoms with Gasteiger partial charge >= 0.3 is 0 Å². The number of hydrazone groups is 1. The molecule has 2 N–H and O–H groups in total. The molecule has 1 amide bonds.